The second-order valence-corrected chi connectivity index (χ2v) is 6.12. The molecule has 0 aromatic heterocycles. The lowest BCUT2D eigenvalue weighted by atomic mass is 9.87. The third-order valence-corrected chi connectivity index (χ3v) is 4.43. The zero-order valence-electron chi connectivity index (χ0n) is 13.3. The first-order valence-corrected chi connectivity index (χ1v) is 7.61. The predicted octanol–water partition coefficient (Wildman–Crippen LogP) is 5.95. The van der Waals surface area contributed by atoms with Gasteiger partial charge in [0.05, 0.1) is 0 Å². The van der Waals surface area contributed by atoms with Gasteiger partial charge >= 0.3 is 0 Å². The predicted molar refractivity (Wildman–Crippen MR) is 92.2 cm³/mol. The van der Waals surface area contributed by atoms with Gasteiger partial charge in [-0.25, -0.2) is 0 Å². The molecule has 21 heavy (non-hydrogen) atoms. The van der Waals surface area contributed by atoms with E-state index in [-0.39, 0.29) is 0 Å². The summed E-state index contributed by atoms with van der Waals surface area (Å²) in [5, 5.41) is 0. The van der Waals surface area contributed by atoms with Crippen LogP contribution in [-0.4, -0.2) is 0 Å². The van der Waals surface area contributed by atoms with E-state index >= 15 is 0 Å². The fraction of sp³-hybridized carbons (Fsp3) is 0.238. The molecule has 1 aliphatic carbocycles. The minimum atomic E-state index is 1.09. The van der Waals surface area contributed by atoms with Gasteiger partial charge in [0, 0.05) is 0 Å². The van der Waals surface area contributed by atoms with Crippen LogP contribution < -0.4 is 0 Å². The monoisotopic (exact) mass is 274 g/mol. The molecule has 3 rings (SSSR count). The van der Waals surface area contributed by atoms with E-state index in [1.165, 1.54) is 44.5 Å². The average Bonchev–Trinajstić information content (AvgIpc) is 2.75. The van der Waals surface area contributed by atoms with Crippen molar-refractivity contribution >= 4 is 11.1 Å². The second-order valence-electron chi connectivity index (χ2n) is 6.12. The van der Waals surface area contributed by atoms with Crippen LogP contribution in [0.3, 0.4) is 0 Å². The van der Waals surface area contributed by atoms with E-state index in [4.69, 9.17) is 0 Å². The normalized spacial score (nSPS) is 15.0. The molecule has 0 amide bonds. The number of hydrogen-bond donors (Lipinski definition) is 0. The molecule has 0 N–H and O–H groups in total. The van der Waals surface area contributed by atoms with Crippen molar-refractivity contribution in [2.75, 3.05) is 0 Å². The van der Waals surface area contributed by atoms with E-state index in [0.29, 0.717) is 0 Å². The molecule has 0 heterocycles. The molecule has 0 aliphatic heterocycles. The van der Waals surface area contributed by atoms with Gasteiger partial charge in [-0.1, -0.05) is 59.7 Å². The van der Waals surface area contributed by atoms with Crippen molar-refractivity contribution in [3.05, 3.63) is 81.9 Å². The Morgan fingerprint density at radius 3 is 1.81 bits per heavy atom. The maximum Gasteiger partial charge on any atom is -0.00951 e. The van der Waals surface area contributed by atoms with Gasteiger partial charge in [0.2, 0.25) is 0 Å². The highest BCUT2D eigenvalue weighted by Crippen LogP contribution is 2.45. The Labute approximate surface area is 127 Å². The zero-order valence-corrected chi connectivity index (χ0v) is 13.3. The molecule has 0 fully saturated rings. The van der Waals surface area contributed by atoms with Crippen molar-refractivity contribution in [2.45, 2.75) is 34.1 Å². The highest BCUT2D eigenvalue weighted by atomic mass is 14.3. The van der Waals surface area contributed by atoms with E-state index in [9.17, 15) is 0 Å². The summed E-state index contributed by atoms with van der Waals surface area (Å²) < 4.78 is 0. The van der Waals surface area contributed by atoms with Gasteiger partial charge in [0.1, 0.15) is 0 Å². The minimum absolute atomic E-state index is 1.09. The highest BCUT2D eigenvalue weighted by Gasteiger charge is 2.24. The number of aryl methyl sites for hydroxylation is 2. The van der Waals surface area contributed by atoms with Crippen LogP contribution in [0.25, 0.3) is 11.1 Å². The van der Waals surface area contributed by atoms with E-state index < -0.39 is 0 Å². The Hall–Kier alpha value is -2.08. The molecular weight excluding hydrogens is 252 g/mol. The van der Waals surface area contributed by atoms with Gasteiger partial charge in [0.25, 0.3) is 0 Å². The molecule has 0 spiro atoms. The van der Waals surface area contributed by atoms with Crippen LogP contribution >= 0.6 is 0 Å². The van der Waals surface area contributed by atoms with Crippen molar-refractivity contribution in [2.24, 2.45) is 0 Å². The lowest BCUT2D eigenvalue weighted by Crippen LogP contribution is -1.96. The Bertz CT molecular complexity index is 723. The van der Waals surface area contributed by atoms with Crippen LogP contribution in [0.5, 0.6) is 0 Å². The average molecular weight is 274 g/mol. The highest BCUT2D eigenvalue weighted by molar-refractivity contribution is 6.10. The van der Waals surface area contributed by atoms with Crippen molar-refractivity contribution in [1.82, 2.24) is 0 Å². The van der Waals surface area contributed by atoms with Gasteiger partial charge in [-0.3, -0.25) is 0 Å². The summed E-state index contributed by atoms with van der Waals surface area (Å²) in [7, 11) is 0. The van der Waals surface area contributed by atoms with Crippen LogP contribution in [0.4, 0.5) is 0 Å². The number of hydrogen-bond acceptors (Lipinski definition) is 0. The Morgan fingerprint density at radius 2 is 1.19 bits per heavy atom. The molecule has 0 saturated heterocycles. The number of allylic oxidation sites excluding steroid dienone is 4. The zero-order chi connectivity index (χ0) is 15.0. The summed E-state index contributed by atoms with van der Waals surface area (Å²) >= 11 is 0. The van der Waals surface area contributed by atoms with Gasteiger partial charge < -0.3 is 0 Å². The molecule has 0 atom stereocenters. The number of rotatable bonds is 2. The molecule has 106 valence electrons. The number of benzene rings is 2. The quantitative estimate of drug-likeness (QED) is 0.634. The summed E-state index contributed by atoms with van der Waals surface area (Å²) in [5.41, 5.74) is 11.4. The van der Waals surface area contributed by atoms with Gasteiger partial charge in [-0.05, 0) is 67.5 Å². The molecule has 0 saturated carbocycles. The minimum Gasteiger partial charge on any atom is -0.0622 e. The molecule has 0 heteroatoms. The Balaban J connectivity index is 2.24. The van der Waals surface area contributed by atoms with Crippen molar-refractivity contribution in [3.8, 4) is 0 Å². The van der Waals surface area contributed by atoms with Crippen molar-refractivity contribution < 1.29 is 0 Å². The maximum atomic E-state index is 2.28. The standard InChI is InChI=1S/C21H22/c1-14-9-8-10-15(2)19(14)21-17(4)13-16(3)20(21)18-11-6-5-7-12-18/h5-12H,13H2,1-4H3. The van der Waals surface area contributed by atoms with E-state index in [1.807, 2.05) is 0 Å². The fourth-order valence-electron chi connectivity index (χ4n) is 3.54. The molecule has 0 radical (unpaired) electrons. The summed E-state index contributed by atoms with van der Waals surface area (Å²) in [6.45, 7) is 8.99. The molecule has 1 aliphatic rings. The topological polar surface area (TPSA) is 0 Å². The first kappa shape index (κ1) is 13.9. The second kappa shape index (κ2) is 5.37. The Morgan fingerprint density at radius 1 is 0.619 bits per heavy atom. The van der Waals surface area contributed by atoms with Crippen LogP contribution in [0.1, 0.15) is 42.5 Å². The van der Waals surface area contributed by atoms with Crippen LogP contribution in [0.15, 0.2) is 59.7 Å². The van der Waals surface area contributed by atoms with Crippen LogP contribution in [0.2, 0.25) is 0 Å². The lowest BCUT2D eigenvalue weighted by molar-refractivity contribution is 1.15. The fourth-order valence-corrected chi connectivity index (χ4v) is 3.54. The summed E-state index contributed by atoms with van der Waals surface area (Å²) in [6, 6.07) is 17.4. The Kier molecular flexibility index (Phi) is 3.55. The van der Waals surface area contributed by atoms with Gasteiger partial charge in [0.15, 0.2) is 0 Å². The molecule has 2 aromatic carbocycles. The van der Waals surface area contributed by atoms with Crippen LogP contribution in [-0.2, 0) is 0 Å². The summed E-state index contributed by atoms with van der Waals surface area (Å²) in [6.07, 6.45) is 1.09. The summed E-state index contributed by atoms with van der Waals surface area (Å²) in [5.74, 6) is 0. The lowest BCUT2D eigenvalue weighted by Gasteiger charge is -2.17. The third-order valence-electron chi connectivity index (χ3n) is 4.43. The molecule has 2 aromatic rings. The van der Waals surface area contributed by atoms with E-state index in [0.717, 1.165) is 6.42 Å². The van der Waals surface area contributed by atoms with E-state index in [1.54, 1.807) is 0 Å². The first-order valence-electron chi connectivity index (χ1n) is 7.61. The maximum absolute atomic E-state index is 2.28. The first-order chi connectivity index (χ1) is 10.1. The third kappa shape index (κ3) is 2.35. The van der Waals surface area contributed by atoms with Crippen molar-refractivity contribution in [1.29, 1.82) is 0 Å². The van der Waals surface area contributed by atoms with Gasteiger partial charge in [-0.15, -0.1) is 0 Å². The molecular formula is C21H22. The van der Waals surface area contributed by atoms with Crippen molar-refractivity contribution in [3.63, 3.8) is 0 Å². The smallest absolute Gasteiger partial charge is 0.00951 e. The SMILES string of the molecule is CC1=C(c2ccccc2)C(c2c(C)cccc2C)=C(C)C1. The molecule has 0 nitrogen and oxygen atoms in total. The van der Waals surface area contributed by atoms with Gasteiger partial charge in [-0.2, -0.15) is 0 Å². The largest absolute Gasteiger partial charge is 0.0622 e. The molecule has 0 bridgehead atoms. The molecule has 0 unspecified atom stereocenters. The van der Waals surface area contributed by atoms with Crippen LogP contribution in [0, 0.1) is 13.8 Å². The van der Waals surface area contributed by atoms with E-state index in [2.05, 4.69) is 76.2 Å². The summed E-state index contributed by atoms with van der Waals surface area (Å²) in [4.78, 5) is 0.